The van der Waals surface area contributed by atoms with Gasteiger partial charge in [-0.2, -0.15) is 19.6 Å². The summed E-state index contributed by atoms with van der Waals surface area (Å²) in [5, 5.41) is 4.71. The van der Waals surface area contributed by atoms with E-state index in [1.54, 1.807) is 20.4 Å². The Labute approximate surface area is 276 Å². The molecule has 46 heavy (non-hydrogen) atoms. The number of para-hydroxylation sites is 2. The average molecular weight is 683 g/mol. The molecule has 7 rings (SSSR count). The summed E-state index contributed by atoms with van der Waals surface area (Å²) < 4.78 is 15.8. The minimum Gasteiger partial charge on any atom is -0.497 e. The number of hydrogen-bond donors (Lipinski definition) is 0. The van der Waals surface area contributed by atoms with Crippen LogP contribution in [0.2, 0.25) is 0 Å². The summed E-state index contributed by atoms with van der Waals surface area (Å²) in [6.07, 6.45) is 1.78. The molecule has 0 aliphatic carbocycles. The first-order valence-electron chi connectivity index (χ1n) is 15.3. The number of anilines is 2. The molecule has 0 bridgehead atoms. The standard InChI is InChI=1S/C34H36BrN9O2/c1-40-16-18-41(19-17-40)33-38-32-28(35)20-36-44(32)34(39-33)42(21-24-8-12-26(45-2)13-9-24)23-31-37-29-6-4-5-7-30(29)43(31)22-25-10-14-27(46-3)15-11-25/h4-15,20H,16-19,21-23H2,1-3H3. The fraction of sp³-hybridized carbons (Fsp3) is 0.294. The van der Waals surface area contributed by atoms with Crippen LogP contribution >= 0.6 is 15.9 Å². The third-order valence-corrected chi connectivity index (χ3v) is 9.02. The number of halogens is 1. The second kappa shape index (κ2) is 13.0. The van der Waals surface area contributed by atoms with Gasteiger partial charge in [-0.05, 0) is 70.5 Å². The van der Waals surface area contributed by atoms with Crippen molar-refractivity contribution in [2.45, 2.75) is 19.6 Å². The van der Waals surface area contributed by atoms with E-state index in [2.05, 4.69) is 84.7 Å². The quantitative estimate of drug-likeness (QED) is 0.192. The van der Waals surface area contributed by atoms with Crippen LogP contribution < -0.4 is 19.3 Å². The summed E-state index contributed by atoms with van der Waals surface area (Å²) in [7, 11) is 5.52. The van der Waals surface area contributed by atoms with Crippen LogP contribution in [0.25, 0.3) is 16.7 Å². The maximum Gasteiger partial charge on any atom is 0.232 e. The molecule has 0 spiro atoms. The van der Waals surface area contributed by atoms with Gasteiger partial charge in [0.2, 0.25) is 11.9 Å². The predicted octanol–water partition coefficient (Wildman–Crippen LogP) is 5.26. The van der Waals surface area contributed by atoms with Crippen LogP contribution in [0.1, 0.15) is 17.0 Å². The Hall–Kier alpha value is -4.68. The molecule has 0 radical (unpaired) electrons. The van der Waals surface area contributed by atoms with Gasteiger partial charge in [0.1, 0.15) is 17.3 Å². The van der Waals surface area contributed by atoms with Crippen LogP contribution in [0.3, 0.4) is 0 Å². The number of benzene rings is 3. The SMILES string of the molecule is COc1ccc(CN(Cc2nc3ccccc3n2Cc2ccc(OC)cc2)c2nc(N3CCN(C)CC3)nc3c(Br)cnn23)cc1. The molecule has 0 saturated carbocycles. The number of aromatic nitrogens is 6. The fourth-order valence-corrected chi connectivity index (χ4v) is 6.18. The van der Waals surface area contributed by atoms with Gasteiger partial charge in [-0.3, -0.25) is 0 Å². The van der Waals surface area contributed by atoms with Crippen molar-refractivity contribution in [1.29, 1.82) is 0 Å². The van der Waals surface area contributed by atoms with E-state index in [0.717, 1.165) is 75.8 Å². The highest BCUT2D eigenvalue weighted by Crippen LogP contribution is 2.28. The van der Waals surface area contributed by atoms with Crippen LogP contribution in [0.15, 0.2) is 83.5 Å². The highest BCUT2D eigenvalue weighted by Gasteiger charge is 2.25. The van der Waals surface area contributed by atoms with E-state index in [0.29, 0.717) is 31.5 Å². The molecule has 236 valence electrons. The molecule has 0 atom stereocenters. The van der Waals surface area contributed by atoms with Gasteiger partial charge >= 0.3 is 0 Å². The van der Waals surface area contributed by atoms with Gasteiger partial charge in [0, 0.05) is 39.3 Å². The Morgan fingerprint density at radius 2 is 1.46 bits per heavy atom. The number of hydrogen-bond acceptors (Lipinski definition) is 9. The van der Waals surface area contributed by atoms with Crippen molar-refractivity contribution in [3.8, 4) is 11.5 Å². The van der Waals surface area contributed by atoms with Gasteiger partial charge in [-0.25, -0.2) is 4.98 Å². The summed E-state index contributed by atoms with van der Waals surface area (Å²) in [5.74, 6) is 3.96. The molecule has 1 aliphatic heterocycles. The molecule has 4 heterocycles. The van der Waals surface area contributed by atoms with Crippen LogP contribution in [-0.2, 0) is 19.6 Å². The lowest BCUT2D eigenvalue weighted by Gasteiger charge is -2.33. The summed E-state index contributed by atoms with van der Waals surface area (Å²) in [5.41, 5.74) is 5.02. The van der Waals surface area contributed by atoms with E-state index in [-0.39, 0.29) is 0 Å². The summed E-state index contributed by atoms with van der Waals surface area (Å²) >= 11 is 3.69. The maximum atomic E-state index is 5.44. The topological polar surface area (TPSA) is 89.1 Å². The van der Waals surface area contributed by atoms with Gasteiger partial charge in [-0.15, -0.1) is 0 Å². The second-order valence-electron chi connectivity index (χ2n) is 11.5. The van der Waals surface area contributed by atoms with Crippen LogP contribution in [0.5, 0.6) is 11.5 Å². The van der Waals surface area contributed by atoms with Crippen molar-refractivity contribution in [2.75, 3.05) is 57.2 Å². The van der Waals surface area contributed by atoms with Gasteiger partial charge in [0.15, 0.2) is 5.65 Å². The molecular weight excluding hydrogens is 646 g/mol. The Morgan fingerprint density at radius 3 is 2.15 bits per heavy atom. The molecule has 1 aliphatic rings. The zero-order valence-electron chi connectivity index (χ0n) is 26.2. The highest BCUT2D eigenvalue weighted by molar-refractivity contribution is 9.10. The highest BCUT2D eigenvalue weighted by atomic mass is 79.9. The largest absolute Gasteiger partial charge is 0.497 e. The smallest absolute Gasteiger partial charge is 0.232 e. The molecule has 0 unspecified atom stereocenters. The molecule has 1 fully saturated rings. The lowest BCUT2D eigenvalue weighted by atomic mass is 10.2. The Balaban J connectivity index is 1.33. The normalized spacial score (nSPS) is 13.9. The number of piperazine rings is 1. The Morgan fingerprint density at radius 1 is 0.783 bits per heavy atom. The van der Waals surface area contributed by atoms with Crippen molar-refractivity contribution in [1.82, 2.24) is 34.0 Å². The van der Waals surface area contributed by atoms with E-state index in [1.165, 1.54) is 0 Å². The van der Waals surface area contributed by atoms with Crippen molar-refractivity contribution in [3.63, 3.8) is 0 Å². The number of imidazole rings is 1. The monoisotopic (exact) mass is 681 g/mol. The van der Waals surface area contributed by atoms with Crippen molar-refractivity contribution in [2.24, 2.45) is 0 Å². The van der Waals surface area contributed by atoms with Gasteiger partial charge < -0.3 is 28.7 Å². The molecule has 0 amide bonds. The van der Waals surface area contributed by atoms with Crippen molar-refractivity contribution < 1.29 is 9.47 Å². The Bertz CT molecular complexity index is 1950. The number of nitrogens with zero attached hydrogens (tertiary/aromatic N) is 9. The van der Waals surface area contributed by atoms with E-state index < -0.39 is 0 Å². The minimum absolute atomic E-state index is 0.489. The minimum atomic E-state index is 0.489. The first kappa shape index (κ1) is 30.0. The zero-order valence-corrected chi connectivity index (χ0v) is 27.8. The summed E-state index contributed by atoms with van der Waals surface area (Å²) in [6, 6.07) is 24.6. The molecule has 1 saturated heterocycles. The number of ether oxygens (including phenoxy) is 2. The summed E-state index contributed by atoms with van der Waals surface area (Å²) in [4.78, 5) is 22.1. The number of likely N-dealkylation sites (N-methyl/N-ethyl adjacent to an activating group) is 1. The second-order valence-corrected chi connectivity index (χ2v) is 12.4. The molecule has 3 aromatic carbocycles. The molecule has 0 N–H and O–H groups in total. The van der Waals surface area contributed by atoms with Crippen LogP contribution in [-0.4, -0.2) is 81.5 Å². The van der Waals surface area contributed by atoms with Gasteiger partial charge in [0.05, 0.1) is 42.5 Å². The van der Waals surface area contributed by atoms with Crippen LogP contribution in [0.4, 0.5) is 11.9 Å². The third kappa shape index (κ3) is 6.10. The lowest BCUT2D eigenvalue weighted by molar-refractivity contribution is 0.311. The number of rotatable bonds is 10. The van der Waals surface area contributed by atoms with Crippen molar-refractivity contribution in [3.05, 3.63) is 100 Å². The predicted molar refractivity (Wildman–Crippen MR) is 183 cm³/mol. The van der Waals surface area contributed by atoms with Crippen molar-refractivity contribution >= 4 is 44.5 Å². The molecular formula is C34H36BrN9O2. The lowest BCUT2D eigenvalue weighted by Crippen LogP contribution is -2.45. The molecule has 3 aromatic heterocycles. The van der Waals surface area contributed by atoms with E-state index in [4.69, 9.17) is 29.5 Å². The van der Waals surface area contributed by atoms with Gasteiger partial charge in [-0.1, -0.05) is 36.4 Å². The zero-order chi connectivity index (χ0) is 31.6. The third-order valence-electron chi connectivity index (χ3n) is 8.46. The first-order valence-corrected chi connectivity index (χ1v) is 16.1. The fourth-order valence-electron chi connectivity index (χ4n) is 5.83. The number of methoxy groups -OCH3 is 2. The first-order chi connectivity index (χ1) is 22.5. The molecule has 12 heteroatoms. The van der Waals surface area contributed by atoms with E-state index >= 15 is 0 Å². The molecule has 6 aromatic rings. The maximum absolute atomic E-state index is 5.44. The summed E-state index contributed by atoms with van der Waals surface area (Å²) in [6.45, 7) is 5.34. The number of fused-ring (bicyclic) bond motifs is 2. The molecule has 11 nitrogen and oxygen atoms in total. The average Bonchev–Trinajstić information content (AvgIpc) is 3.64. The van der Waals surface area contributed by atoms with E-state index in [9.17, 15) is 0 Å². The Kier molecular flexibility index (Phi) is 8.46. The van der Waals surface area contributed by atoms with E-state index in [1.807, 2.05) is 34.8 Å². The van der Waals surface area contributed by atoms with Crippen LogP contribution in [0, 0.1) is 0 Å². The van der Waals surface area contributed by atoms with Gasteiger partial charge in [0.25, 0.3) is 0 Å².